The first-order valence-electron chi connectivity index (χ1n) is 6.43. The highest BCUT2D eigenvalue weighted by Crippen LogP contribution is 2.33. The average molecular weight is 296 g/mol. The van der Waals surface area contributed by atoms with Crippen LogP contribution in [-0.2, 0) is 6.42 Å². The summed E-state index contributed by atoms with van der Waals surface area (Å²) in [7, 11) is 1.73. The molecule has 2 heterocycles. The fraction of sp³-hybridized carbons (Fsp3) is 0.500. The summed E-state index contributed by atoms with van der Waals surface area (Å²) in [6.45, 7) is 7.27. The molecule has 0 amide bonds. The summed E-state index contributed by atoms with van der Waals surface area (Å²) in [6.07, 6.45) is 0.921. The Morgan fingerprint density at radius 1 is 1.42 bits per heavy atom. The van der Waals surface area contributed by atoms with Crippen molar-refractivity contribution in [1.29, 1.82) is 0 Å². The summed E-state index contributed by atoms with van der Waals surface area (Å²) in [5.74, 6) is 0.973. The number of ether oxygens (including phenoxy) is 1. The van der Waals surface area contributed by atoms with Crippen LogP contribution in [0.5, 0.6) is 5.75 Å². The van der Waals surface area contributed by atoms with Gasteiger partial charge in [0, 0.05) is 11.3 Å². The van der Waals surface area contributed by atoms with Gasteiger partial charge in [0.25, 0.3) is 0 Å². The molecule has 0 bridgehead atoms. The van der Waals surface area contributed by atoms with Crippen LogP contribution in [0.2, 0.25) is 0 Å². The van der Waals surface area contributed by atoms with E-state index in [0.29, 0.717) is 0 Å². The quantitative estimate of drug-likeness (QED) is 0.882. The van der Waals surface area contributed by atoms with E-state index in [1.807, 2.05) is 6.07 Å². The van der Waals surface area contributed by atoms with Crippen molar-refractivity contribution in [2.75, 3.05) is 13.7 Å². The number of nitrogens with zero attached hydrogens (tertiary/aromatic N) is 1. The van der Waals surface area contributed by atoms with Gasteiger partial charge in [0.2, 0.25) is 0 Å². The number of hydrogen-bond donors (Lipinski definition) is 1. The summed E-state index contributed by atoms with van der Waals surface area (Å²) in [4.78, 5) is 7.21. The van der Waals surface area contributed by atoms with Crippen LogP contribution in [0.15, 0.2) is 11.4 Å². The number of nitrogens with one attached hydrogen (secondary N) is 1. The monoisotopic (exact) mass is 296 g/mol. The number of likely N-dealkylation sites (N-methyl/N-ethyl adjacent to an activating group) is 1. The summed E-state index contributed by atoms with van der Waals surface area (Å²) < 4.78 is 5.43. The lowest BCUT2D eigenvalue weighted by Gasteiger charge is -2.16. The minimum absolute atomic E-state index is 0.282. The molecule has 0 saturated carbocycles. The number of hydrogen-bond acceptors (Lipinski definition) is 5. The molecule has 3 nitrogen and oxygen atoms in total. The molecule has 1 N–H and O–H groups in total. The first kappa shape index (κ1) is 14.5. The SMILES string of the molecule is CCNC(Cc1nc(C)c(C)s1)c1sccc1OC. The fourth-order valence-corrected chi connectivity index (χ4v) is 3.95. The van der Waals surface area contributed by atoms with Gasteiger partial charge in [0.15, 0.2) is 0 Å². The van der Waals surface area contributed by atoms with Gasteiger partial charge in [-0.2, -0.15) is 0 Å². The maximum atomic E-state index is 5.43. The Balaban J connectivity index is 2.20. The van der Waals surface area contributed by atoms with Gasteiger partial charge in [-0.25, -0.2) is 4.98 Å². The van der Waals surface area contributed by atoms with Crippen LogP contribution in [-0.4, -0.2) is 18.6 Å². The third kappa shape index (κ3) is 3.35. The predicted octanol–water partition coefficient (Wildman–Crippen LogP) is 3.72. The van der Waals surface area contributed by atoms with Crippen LogP contribution in [0.4, 0.5) is 0 Å². The Labute approximate surface area is 122 Å². The normalized spacial score (nSPS) is 12.6. The molecule has 0 saturated heterocycles. The molecule has 104 valence electrons. The second kappa shape index (κ2) is 6.50. The van der Waals surface area contributed by atoms with Gasteiger partial charge in [-0.05, 0) is 31.8 Å². The minimum atomic E-state index is 0.282. The molecule has 2 rings (SSSR count). The average Bonchev–Trinajstić information content (AvgIpc) is 2.96. The van der Waals surface area contributed by atoms with E-state index in [1.54, 1.807) is 29.8 Å². The third-order valence-corrected chi connectivity index (χ3v) is 5.20. The van der Waals surface area contributed by atoms with Crippen LogP contribution in [0.1, 0.15) is 33.4 Å². The van der Waals surface area contributed by atoms with Crippen molar-refractivity contribution in [3.63, 3.8) is 0 Å². The largest absolute Gasteiger partial charge is 0.496 e. The highest BCUT2D eigenvalue weighted by atomic mass is 32.1. The highest BCUT2D eigenvalue weighted by molar-refractivity contribution is 7.11. The van der Waals surface area contributed by atoms with Gasteiger partial charge in [-0.1, -0.05) is 6.92 Å². The smallest absolute Gasteiger partial charge is 0.134 e. The molecule has 2 aromatic heterocycles. The zero-order valence-corrected chi connectivity index (χ0v) is 13.5. The molecule has 19 heavy (non-hydrogen) atoms. The predicted molar refractivity (Wildman–Crippen MR) is 82.6 cm³/mol. The standard InChI is InChI=1S/C14H20N2OS2/c1-5-15-11(14-12(17-4)6-7-18-14)8-13-16-9(2)10(3)19-13/h6-7,11,15H,5,8H2,1-4H3. The Hall–Kier alpha value is -0.910. The highest BCUT2D eigenvalue weighted by Gasteiger charge is 2.19. The number of aromatic nitrogens is 1. The molecular weight excluding hydrogens is 276 g/mol. The van der Waals surface area contributed by atoms with Crippen LogP contribution >= 0.6 is 22.7 Å². The van der Waals surface area contributed by atoms with Gasteiger partial charge in [-0.3, -0.25) is 0 Å². The lowest BCUT2D eigenvalue weighted by atomic mass is 10.1. The Kier molecular flexibility index (Phi) is 4.96. The Bertz CT molecular complexity index is 514. The Morgan fingerprint density at radius 3 is 2.79 bits per heavy atom. The molecule has 0 fully saturated rings. The number of thiophene rings is 1. The van der Waals surface area contributed by atoms with E-state index in [9.17, 15) is 0 Å². The molecule has 0 aliphatic rings. The fourth-order valence-electron chi connectivity index (χ4n) is 2.04. The molecule has 0 aliphatic carbocycles. The second-order valence-corrected chi connectivity index (χ2v) is 6.65. The van der Waals surface area contributed by atoms with Crippen molar-refractivity contribution in [2.24, 2.45) is 0 Å². The zero-order chi connectivity index (χ0) is 13.8. The van der Waals surface area contributed by atoms with E-state index in [2.05, 4.69) is 36.5 Å². The Morgan fingerprint density at radius 2 is 2.21 bits per heavy atom. The van der Waals surface area contributed by atoms with E-state index in [-0.39, 0.29) is 6.04 Å². The number of thiazole rings is 1. The van der Waals surface area contributed by atoms with Gasteiger partial charge in [0.05, 0.1) is 28.7 Å². The molecule has 0 aliphatic heterocycles. The number of aryl methyl sites for hydroxylation is 2. The van der Waals surface area contributed by atoms with E-state index in [4.69, 9.17) is 4.74 Å². The summed E-state index contributed by atoms with van der Waals surface area (Å²) >= 11 is 3.53. The van der Waals surface area contributed by atoms with Crippen molar-refractivity contribution < 1.29 is 4.74 Å². The van der Waals surface area contributed by atoms with Crippen molar-refractivity contribution >= 4 is 22.7 Å². The van der Waals surface area contributed by atoms with Crippen molar-refractivity contribution in [1.82, 2.24) is 10.3 Å². The number of rotatable bonds is 6. The molecule has 2 aromatic rings. The van der Waals surface area contributed by atoms with E-state index in [0.717, 1.165) is 24.4 Å². The maximum absolute atomic E-state index is 5.43. The molecular formula is C14H20N2OS2. The molecule has 5 heteroatoms. The van der Waals surface area contributed by atoms with E-state index < -0.39 is 0 Å². The van der Waals surface area contributed by atoms with Crippen LogP contribution in [0, 0.1) is 13.8 Å². The molecule has 1 atom stereocenters. The van der Waals surface area contributed by atoms with Gasteiger partial charge >= 0.3 is 0 Å². The first-order valence-corrected chi connectivity index (χ1v) is 8.13. The minimum Gasteiger partial charge on any atom is -0.496 e. The van der Waals surface area contributed by atoms with Crippen molar-refractivity contribution in [2.45, 2.75) is 33.2 Å². The molecule has 1 unspecified atom stereocenters. The molecule has 0 aromatic carbocycles. The summed E-state index contributed by atoms with van der Waals surface area (Å²) in [5, 5.41) is 6.81. The van der Waals surface area contributed by atoms with Gasteiger partial charge in [-0.15, -0.1) is 22.7 Å². The number of methoxy groups -OCH3 is 1. The topological polar surface area (TPSA) is 34.2 Å². The molecule has 0 spiro atoms. The van der Waals surface area contributed by atoms with Gasteiger partial charge < -0.3 is 10.1 Å². The van der Waals surface area contributed by atoms with Crippen LogP contribution in [0.25, 0.3) is 0 Å². The van der Waals surface area contributed by atoms with Crippen molar-refractivity contribution in [3.8, 4) is 5.75 Å². The lowest BCUT2D eigenvalue weighted by Crippen LogP contribution is -2.22. The third-order valence-electron chi connectivity index (χ3n) is 3.10. The van der Waals surface area contributed by atoms with Crippen LogP contribution in [0.3, 0.4) is 0 Å². The lowest BCUT2D eigenvalue weighted by molar-refractivity contribution is 0.403. The van der Waals surface area contributed by atoms with E-state index in [1.165, 1.54) is 14.8 Å². The second-order valence-electron chi connectivity index (χ2n) is 4.42. The summed E-state index contributed by atoms with van der Waals surface area (Å²) in [5.41, 5.74) is 1.15. The van der Waals surface area contributed by atoms with Gasteiger partial charge in [0.1, 0.15) is 5.75 Å². The molecule has 0 radical (unpaired) electrons. The zero-order valence-electron chi connectivity index (χ0n) is 11.8. The van der Waals surface area contributed by atoms with Crippen molar-refractivity contribution in [3.05, 3.63) is 31.9 Å². The first-order chi connectivity index (χ1) is 9.15. The van der Waals surface area contributed by atoms with E-state index >= 15 is 0 Å². The van der Waals surface area contributed by atoms with Crippen LogP contribution < -0.4 is 10.1 Å². The summed E-state index contributed by atoms with van der Waals surface area (Å²) in [6, 6.07) is 2.31. The maximum Gasteiger partial charge on any atom is 0.134 e.